The number of benzene rings is 1. The Hall–Kier alpha value is -1.55. The fraction of sp³-hybridized carbons (Fsp3) is 0.611. The summed E-state index contributed by atoms with van der Waals surface area (Å²) in [4.78, 5) is 15.0. The molecule has 1 aliphatic carbocycles. The molecular formula is C18H26N2O2. The van der Waals surface area contributed by atoms with E-state index in [1.165, 1.54) is 25.8 Å². The molecule has 3 atom stereocenters. The third-order valence-electron chi connectivity index (χ3n) is 5.28. The number of likely N-dealkylation sites (tertiary alicyclic amines) is 1. The van der Waals surface area contributed by atoms with Gasteiger partial charge in [0.25, 0.3) is 5.91 Å². The lowest BCUT2D eigenvalue weighted by Crippen LogP contribution is -2.52. The average Bonchev–Trinajstić information content (AvgIpc) is 2.55. The Bertz CT molecular complexity index is 532. The predicted molar refractivity (Wildman–Crippen MR) is 87.2 cm³/mol. The maximum atomic E-state index is 12.6. The molecule has 22 heavy (non-hydrogen) atoms. The number of hydrogen-bond donors (Lipinski definition) is 1. The molecule has 0 spiro atoms. The van der Waals surface area contributed by atoms with Gasteiger partial charge in [0.2, 0.25) is 0 Å². The highest BCUT2D eigenvalue weighted by molar-refractivity contribution is 5.97. The topological polar surface area (TPSA) is 41.6 Å². The molecule has 120 valence electrons. The van der Waals surface area contributed by atoms with Gasteiger partial charge < -0.3 is 15.0 Å². The van der Waals surface area contributed by atoms with Crippen molar-refractivity contribution in [2.24, 2.45) is 11.8 Å². The van der Waals surface area contributed by atoms with Crippen LogP contribution in [-0.4, -0.2) is 44.1 Å². The summed E-state index contributed by atoms with van der Waals surface area (Å²) in [5.41, 5.74) is 0.635. The van der Waals surface area contributed by atoms with Crippen LogP contribution in [0.15, 0.2) is 24.3 Å². The monoisotopic (exact) mass is 302 g/mol. The van der Waals surface area contributed by atoms with Gasteiger partial charge in [-0.2, -0.15) is 0 Å². The van der Waals surface area contributed by atoms with Crippen molar-refractivity contribution in [1.29, 1.82) is 0 Å². The zero-order valence-electron chi connectivity index (χ0n) is 13.5. The highest BCUT2D eigenvalue weighted by atomic mass is 16.5. The summed E-state index contributed by atoms with van der Waals surface area (Å²) in [5.74, 6) is 2.00. The highest BCUT2D eigenvalue weighted by Crippen LogP contribution is 2.36. The number of piperidine rings is 1. The Morgan fingerprint density at radius 1 is 1.27 bits per heavy atom. The van der Waals surface area contributed by atoms with E-state index in [9.17, 15) is 4.79 Å². The number of hydrogen-bond acceptors (Lipinski definition) is 3. The number of rotatable bonds is 3. The highest BCUT2D eigenvalue weighted by Gasteiger charge is 2.37. The number of nitrogens with zero attached hydrogens (tertiary/aromatic N) is 1. The van der Waals surface area contributed by atoms with Gasteiger partial charge in [0, 0.05) is 12.6 Å². The van der Waals surface area contributed by atoms with Crippen LogP contribution in [-0.2, 0) is 0 Å². The maximum absolute atomic E-state index is 12.6. The van der Waals surface area contributed by atoms with Crippen molar-refractivity contribution >= 4 is 5.91 Å². The van der Waals surface area contributed by atoms with E-state index in [0.717, 1.165) is 18.9 Å². The van der Waals surface area contributed by atoms with Crippen LogP contribution in [0.2, 0.25) is 0 Å². The Labute approximate surface area is 132 Å². The minimum atomic E-state index is -0.00340. The zero-order valence-corrected chi connectivity index (χ0v) is 13.5. The Morgan fingerprint density at radius 3 is 2.91 bits per heavy atom. The van der Waals surface area contributed by atoms with Crippen LogP contribution in [0.25, 0.3) is 0 Å². The van der Waals surface area contributed by atoms with Crippen LogP contribution in [0.1, 0.15) is 36.0 Å². The summed E-state index contributed by atoms with van der Waals surface area (Å²) in [6.45, 7) is 2.29. The molecule has 2 aliphatic rings. The normalized spacial score (nSPS) is 28.7. The lowest BCUT2D eigenvalue weighted by molar-refractivity contribution is 0.0649. The van der Waals surface area contributed by atoms with E-state index in [-0.39, 0.29) is 5.91 Å². The summed E-state index contributed by atoms with van der Waals surface area (Å²) < 4.78 is 5.31. The number of nitrogens with one attached hydrogen (secondary N) is 1. The minimum absolute atomic E-state index is 0.00340. The second-order valence-corrected chi connectivity index (χ2v) is 6.69. The number of para-hydroxylation sites is 1. The summed E-state index contributed by atoms with van der Waals surface area (Å²) in [5, 5.41) is 3.28. The fourth-order valence-corrected chi connectivity index (χ4v) is 4.09. The number of methoxy groups -OCH3 is 1. The van der Waals surface area contributed by atoms with Crippen LogP contribution in [0.3, 0.4) is 0 Å². The molecule has 3 rings (SSSR count). The van der Waals surface area contributed by atoms with Gasteiger partial charge in [-0.25, -0.2) is 0 Å². The molecule has 1 heterocycles. The molecule has 1 saturated heterocycles. The SMILES string of the molecule is COc1ccccc1C(=O)NC1CCC[C@@H]2CCN(C)C[C@@H]12. The van der Waals surface area contributed by atoms with E-state index in [4.69, 9.17) is 4.74 Å². The first-order valence-corrected chi connectivity index (χ1v) is 8.31. The number of ether oxygens (including phenoxy) is 1. The lowest BCUT2D eigenvalue weighted by atomic mass is 9.72. The van der Waals surface area contributed by atoms with Gasteiger partial charge in [-0.05, 0) is 56.8 Å². The maximum Gasteiger partial charge on any atom is 0.255 e. The fourth-order valence-electron chi connectivity index (χ4n) is 4.09. The van der Waals surface area contributed by atoms with E-state index in [1.54, 1.807) is 7.11 Å². The first-order chi connectivity index (χ1) is 10.7. The summed E-state index contributed by atoms with van der Waals surface area (Å²) in [7, 11) is 3.79. The summed E-state index contributed by atoms with van der Waals surface area (Å²) >= 11 is 0. The van der Waals surface area contributed by atoms with Crippen molar-refractivity contribution in [3.63, 3.8) is 0 Å². The predicted octanol–water partition coefficient (Wildman–Crippen LogP) is 2.55. The number of carbonyl (C=O) groups excluding carboxylic acids is 1. The average molecular weight is 302 g/mol. The molecule has 4 heteroatoms. The minimum Gasteiger partial charge on any atom is -0.496 e. The van der Waals surface area contributed by atoms with Crippen molar-refractivity contribution < 1.29 is 9.53 Å². The van der Waals surface area contributed by atoms with E-state index in [1.807, 2.05) is 24.3 Å². The molecule has 1 aliphatic heterocycles. The van der Waals surface area contributed by atoms with E-state index >= 15 is 0 Å². The second-order valence-electron chi connectivity index (χ2n) is 6.69. The van der Waals surface area contributed by atoms with Crippen molar-refractivity contribution in [2.75, 3.05) is 27.2 Å². The van der Waals surface area contributed by atoms with E-state index in [2.05, 4.69) is 17.3 Å². The van der Waals surface area contributed by atoms with Crippen molar-refractivity contribution in [3.8, 4) is 5.75 Å². The standard InChI is InChI=1S/C18H26N2O2/c1-20-11-10-13-6-5-8-16(15(13)12-20)19-18(21)14-7-3-4-9-17(14)22-2/h3-4,7,9,13,15-16H,5-6,8,10-12H2,1-2H3,(H,19,21)/t13-,15-,16?/m1/s1. The Morgan fingerprint density at radius 2 is 2.09 bits per heavy atom. The molecule has 0 radical (unpaired) electrons. The third-order valence-corrected chi connectivity index (χ3v) is 5.28. The van der Waals surface area contributed by atoms with Gasteiger partial charge in [-0.15, -0.1) is 0 Å². The molecule has 1 aromatic rings. The third kappa shape index (κ3) is 3.12. The Kier molecular flexibility index (Phi) is 4.67. The summed E-state index contributed by atoms with van der Waals surface area (Å²) in [6, 6.07) is 7.74. The van der Waals surface area contributed by atoms with Crippen LogP contribution in [0.4, 0.5) is 0 Å². The molecule has 1 unspecified atom stereocenters. The molecule has 2 fully saturated rings. The lowest BCUT2D eigenvalue weighted by Gasteiger charge is -2.44. The largest absolute Gasteiger partial charge is 0.496 e. The smallest absolute Gasteiger partial charge is 0.255 e. The number of fused-ring (bicyclic) bond motifs is 1. The van der Waals surface area contributed by atoms with Gasteiger partial charge in [0.15, 0.2) is 0 Å². The summed E-state index contributed by atoms with van der Waals surface area (Å²) in [6.07, 6.45) is 4.90. The molecule has 1 aromatic carbocycles. The zero-order chi connectivity index (χ0) is 15.5. The second kappa shape index (κ2) is 6.69. The van der Waals surface area contributed by atoms with Gasteiger partial charge in [0.1, 0.15) is 5.75 Å². The molecule has 0 bridgehead atoms. The first-order valence-electron chi connectivity index (χ1n) is 8.31. The van der Waals surface area contributed by atoms with E-state index < -0.39 is 0 Å². The van der Waals surface area contributed by atoms with Crippen LogP contribution < -0.4 is 10.1 Å². The molecule has 1 N–H and O–H groups in total. The van der Waals surface area contributed by atoms with Gasteiger partial charge in [0.05, 0.1) is 12.7 Å². The van der Waals surface area contributed by atoms with Crippen molar-refractivity contribution in [3.05, 3.63) is 29.8 Å². The first kappa shape index (κ1) is 15.3. The van der Waals surface area contributed by atoms with Crippen LogP contribution in [0, 0.1) is 11.8 Å². The molecule has 4 nitrogen and oxygen atoms in total. The number of carbonyl (C=O) groups is 1. The molecule has 1 saturated carbocycles. The molecular weight excluding hydrogens is 276 g/mol. The van der Waals surface area contributed by atoms with Crippen molar-refractivity contribution in [1.82, 2.24) is 10.2 Å². The van der Waals surface area contributed by atoms with Gasteiger partial charge in [-0.3, -0.25) is 4.79 Å². The van der Waals surface area contributed by atoms with Crippen LogP contribution in [0.5, 0.6) is 5.75 Å². The Balaban J connectivity index is 1.72. The number of amides is 1. The molecule has 1 amide bonds. The van der Waals surface area contributed by atoms with Crippen LogP contribution >= 0.6 is 0 Å². The van der Waals surface area contributed by atoms with Gasteiger partial charge >= 0.3 is 0 Å². The van der Waals surface area contributed by atoms with Crippen molar-refractivity contribution in [2.45, 2.75) is 31.7 Å². The molecule has 0 aromatic heterocycles. The quantitative estimate of drug-likeness (QED) is 0.933. The van der Waals surface area contributed by atoms with Gasteiger partial charge in [-0.1, -0.05) is 18.6 Å². The van der Waals surface area contributed by atoms with E-state index in [0.29, 0.717) is 23.3 Å².